The van der Waals surface area contributed by atoms with Crippen molar-refractivity contribution in [3.8, 4) is 0 Å². The molecule has 0 aliphatic carbocycles. The molecule has 17 heavy (non-hydrogen) atoms. The molecule has 2 amide bonds. The third kappa shape index (κ3) is 4.03. The van der Waals surface area contributed by atoms with E-state index in [2.05, 4.69) is 5.32 Å². The van der Waals surface area contributed by atoms with Gasteiger partial charge in [-0.2, -0.15) is 0 Å². The number of anilines is 1. The van der Waals surface area contributed by atoms with Gasteiger partial charge in [0.2, 0.25) is 0 Å². The van der Waals surface area contributed by atoms with Crippen molar-refractivity contribution >= 4 is 11.7 Å². The average Bonchev–Trinajstić information content (AvgIpc) is 2.28. The highest BCUT2D eigenvalue weighted by Crippen LogP contribution is 2.21. The predicted molar refractivity (Wildman–Crippen MR) is 62.3 cm³/mol. The smallest absolute Gasteiger partial charge is 0.316 e. The summed E-state index contributed by atoms with van der Waals surface area (Å²) in [4.78, 5) is 10.7. The van der Waals surface area contributed by atoms with Crippen molar-refractivity contribution in [2.75, 3.05) is 11.9 Å². The Morgan fingerprint density at radius 2 is 2.12 bits per heavy atom. The van der Waals surface area contributed by atoms with Crippen LogP contribution in [-0.2, 0) is 0 Å². The van der Waals surface area contributed by atoms with Crippen molar-refractivity contribution in [2.24, 2.45) is 5.73 Å². The van der Waals surface area contributed by atoms with E-state index in [1.54, 1.807) is 18.2 Å². The Morgan fingerprint density at radius 1 is 1.41 bits per heavy atom. The van der Waals surface area contributed by atoms with Crippen LogP contribution in [0.4, 0.5) is 10.5 Å². The molecule has 0 aliphatic heterocycles. The van der Waals surface area contributed by atoms with Crippen molar-refractivity contribution in [3.05, 3.63) is 29.8 Å². The summed E-state index contributed by atoms with van der Waals surface area (Å²) in [7, 11) is 0. The molecule has 1 aromatic rings. The first kappa shape index (κ1) is 13.4. The van der Waals surface area contributed by atoms with Gasteiger partial charge in [0.25, 0.3) is 0 Å². The van der Waals surface area contributed by atoms with Gasteiger partial charge in [-0.1, -0.05) is 12.1 Å². The molecule has 0 fully saturated rings. The van der Waals surface area contributed by atoms with Crippen molar-refractivity contribution < 1.29 is 20.1 Å². The van der Waals surface area contributed by atoms with E-state index in [0.29, 0.717) is 11.3 Å². The third-order valence-corrected chi connectivity index (χ3v) is 2.29. The Kier molecular flexibility index (Phi) is 4.89. The van der Waals surface area contributed by atoms with E-state index in [1.807, 2.05) is 0 Å². The zero-order chi connectivity index (χ0) is 12.8. The minimum Gasteiger partial charge on any atom is -0.396 e. The van der Waals surface area contributed by atoms with Crippen LogP contribution in [0.3, 0.4) is 0 Å². The minimum atomic E-state index is -1.11. The zero-order valence-electron chi connectivity index (χ0n) is 9.21. The van der Waals surface area contributed by atoms with Crippen LogP contribution in [0.2, 0.25) is 0 Å². The molecule has 0 saturated carbocycles. The third-order valence-electron chi connectivity index (χ3n) is 2.29. The number of amides is 2. The van der Waals surface area contributed by atoms with Gasteiger partial charge in [-0.3, -0.25) is 0 Å². The molecular formula is C11H16N2O4. The molecule has 0 aromatic heterocycles. The van der Waals surface area contributed by atoms with Crippen LogP contribution in [-0.4, -0.2) is 34.1 Å². The first-order valence-electron chi connectivity index (χ1n) is 5.18. The topological polar surface area (TPSA) is 116 Å². The molecule has 94 valence electrons. The summed E-state index contributed by atoms with van der Waals surface area (Å²) in [5, 5.41) is 30.3. The number of aliphatic hydroxyl groups is 3. The van der Waals surface area contributed by atoms with Crippen LogP contribution in [0.15, 0.2) is 24.3 Å². The molecule has 6 heteroatoms. The second kappa shape index (κ2) is 6.19. The SMILES string of the molecule is NC(=O)Nc1cccc(C(O)C(O)CCO)c1. The number of nitrogens with two attached hydrogens (primary N) is 1. The van der Waals surface area contributed by atoms with E-state index in [1.165, 1.54) is 6.07 Å². The van der Waals surface area contributed by atoms with E-state index < -0.39 is 18.2 Å². The summed E-state index contributed by atoms with van der Waals surface area (Å²) in [6, 6.07) is 5.65. The van der Waals surface area contributed by atoms with Crippen LogP contribution in [0, 0.1) is 0 Å². The van der Waals surface area contributed by atoms with Gasteiger partial charge in [-0.15, -0.1) is 0 Å². The van der Waals surface area contributed by atoms with Gasteiger partial charge in [-0.25, -0.2) is 4.79 Å². The lowest BCUT2D eigenvalue weighted by molar-refractivity contribution is 0.00425. The fourth-order valence-corrected chi connectivity index (χ4v) is 1.45. The van der Waals surface area contributed by atoms with E-state index in [0.717, 1.165) is 0 Å². The number of benzene rings is 1. The number of nitrogens with one attached hydrogen (secondary N) is 1. The van der Waals surface area contributed by atoms with Gasteiger partial charge >= 0.3 is 6.03 Å². The highest BCUT2D eigenvalue weighted by molar-refractivity contribution is 5.87. The Bertz CT molecular complexity index is 383. The molecule has 0 bridgehead atoms. The summed E-state index contributed by atoms with van der Waals surface area (Å²) in [6.45, 7) is -0.211. The van der Waals surface area contributed by atoms with Crippen LogP contribution in [0.25, 0.3) is 0 Å². The summed E-state index contributed by atoms with van der Waals surface area (Å²) in [5.41, 5.74) is 5.84. The van der Waals surface area contributed by atoms with E-state index >= 15 is 0 Å². The largest absolute Gasteiger partial charge is 0.396 e. The van der Waals surface area contributed by atoms with Crippen molar-refractivity contribution in [1.82, 2.24) is 0 Å². The highest BCUT2D eigenvalue weighted by Gasteiger charge is 2.17. The van der Waals surface area contributed by atoms with Crippen LogP contribution < -0.4 is 11.1 Å². The maximum Gasteiger partial charge on any atom is 0.316 e. The number of carbonyl (C=O) groups is 1. The number of carbonyl (C=O) groups excluding carboxylic acids is 1. The van der Waals surface area contributed by atoms with Crippen molar-refractivity contribution in [1.29, 1.82) is 0 Å². The maximum absolute atomic E-state index is 10.7. The highest BCUT2D eigenvalue weighted by atomic mass is 16.3. The van der Waals surface area contributed by atoms with Gasteiger partial charge in [0.1, 0.15) is 6.10 Å². The monoisotopic (exact) mass is 240 g/mol. The molecular weight excluding hydrogens is 224 g/mol. The lowest BCUT2D eigenvalue weighted by atomic mass is 10.0. The number of aliphatic hydroxyl groups excluding tert-OH is 3. The van der Waals surface area contributed by atoms with E-state index in [4.69, 9.17) is 10.8 Å². The molecule has 2 atom stereocenters. The van der Waals surface area contributed by atoms with Gasteiger partial charge in [0.05, 0.1) is 6.10 Å². The van der Waals surface area contributed by atoms with Gasteiger partial charge in [0.15, 0.2) is 0 Å². The summed E-state index contributed by atoms with van der Waals surface area (Å²) in [6.07, 6.45) is -2.09. The number of hydrogen-bond donors (Lipinski definition) is 5. The van der Waals surface area contributed by atoms with Gasteiger partial charge < -0.3 is 26.4 Å². The predicted octanol–water partition coefficient (Wildman–Crippen LogP) is -0.0461. The second-order valence-corrected chi connectivity index (χ2v) is 3.64. The van der Waals surface area contributed by atoms with Gasteiger partial charge in [-0.05, 0) is 24.1 Å². The molecule has 1 aromatic carbocycles. The Balaban J connectivity index is 2.79. The molecule has 1 rings (SSSR count). The minimum absolute atomic E-state index is 0.0780. The zero-order valence-corrected chi connectivity index (χ0v) is 9.21. The molecule has 0 saturated heterocycles. The van der Waals surface area contributed by atoms with Crippen LogP contribution >= 0.6 is 0 Å². The summed E-state index contributed by atoms with van der Waals surface area (Å²) in [5.74, 6) is 0. The lowest BCUT2D eigenvalue weighted by Gasteiger charge is -2.17. The van der Waals surface area contributed by atoms with Crippen LogP contribution in [0.5, 0.6) is 0 Å². The first-order chi connectivity index (χ1) is 8.04. The fraction of sp³-hybridized carbons (Fsp3) is 0.364. The number of primary amides is 1. The summed E-state index contributed by atoms with van der Waals surface area (Å²) >= 11 is 0. The number of rotatable bonds is 5. The number of hydrogen-bond acceptors (Lipinski definition) is 4. The molecule has 0 radical (unpaired) electrons. The molecule has 0 heterocycles. The second-order valence-electron chi connectivity index (χ2n) is 3.64. The quantitative estimate of drug-likeness (QED) is 0.496. The molecule has 0 spiro atoms. The normalized spacial score (nSPS) is 14.1. The number of urea groups is 1. The fourth-order valence-electron chi connectivity index (χ4n) is 1.45. The standard InChI is InChI=1S/C11H16N2O4/c12-11(17)13-8-3-1-2-7(6-8)10(16)9(15)4-5-14/h1-3,6,9-10,14-16H,4-5H2,(H3,12,13,17). The lowest BCUT2D eigenvalue weighted by Crippen LogP contribution is -2.21. The maximum atomic E-state index is 10.7. The van der Waals surface area contributed by atoms with E-state index in [9.17, 15) is 15.0 Å². The average molecular weight is 240 g/mol. The molecule has 6 N–H and O–H groups in total. The van der Waals surface area contributed by atoms with Gasteiger partial charge in [0, 0.05) is 12.3 Å². The van der Waals surface area contributed by atoms with E-state index in [-0.39, 0.29) is 13.0 Å². The van der Waals surface area contributed by atoms with Crippen molar-refractivity contribution in [3.63, 3.8) is 0 Å². The Labute approximate surface area is 98.7 Å². The van der Waals surface area contributed by atoms with Crippen LogP contribution in [0.1, 0.15) is 18.1 Å². The molecule has 0 aliphatic rings. The van der Waals surface area contributed by atoms with Crippen molar-refractivity contribution in [2.45, 2.75) is 18.6 Å². The summed E-state index contributed by atoms with van der Waals surface area (Å²) < 4.78 is 0. The molecule has 2 unspecified atom stereocenters. The Hall–Kier alpha value is -1.63. The molecule has 6 nitrogen and oxygen atoms in total. The Morgan fingerprint density at radius 3 is 2.71 bits per heavy atom. The first-order valence-corrected chi connectivity index (χ1v) is 5.18.